The Balaban J connectivity index is 2.39. The lowest BCUT2D eigenvalue weighted by atomic mass is 9.91. The Hall–Kier alpha value is -1.71. The molecule has 0 aromatic heterocycles. The van der Waals surface area contributed by atoms with Crippen LogP contribution in [0.15, 0.2) is 24.3 Å². The van der Waals surface area contributed by atoms with Crippen molar-refractivity contribution in [3.05, 3.63) is 35.6 Å². The summed E-state index contributed by atoms with van der Waals surface area (Å²) in [6.07, 6.45) is -1.10. The molecule has 1 saturated heterocycles. The molecule has 0 amide bonds. The lowest BCUT2D eigenvalue weighted by molar-refractivity contribution is 0.0888. The van der Waals surface area contributed by atoms with Crippen molar-refractivity contribution in [2.45, 2.75) is 12.3 Å². The predicted octanol–water partition coefficient (Wildman–Crippen LogP) is 0.803. The van der Waals surface area contributed by atoms with E-state index in [0.29, 0.717) is 5.56 Å². The van der Waals surface area contributed by atoms with Gasteiger partial charge >= 0.3 is 0 Å². The zero-order valence-corrected chi connectivity index (χ0v) is 9.54. The van der Waals surface area contributed by atoms with Gasteiger partial charge in [0.2, 0.25) is 0 Å². The topological polar surface area (TPSA) is 68.1 Å². The molecule has 0 bridgehead atoms. The standard InChI is InChI=1S/C11H10FN3OS/c12-8-4-2-1-3-6(8)9-7(5-13)10(16)15-11(17)14-9/h1-4,7,9-10,16H,(H2,14,15,17)/t7-,9+,10+/m1/s1. The number of nitrogens with one attached hydrogen (secondary N) is 2. The number of aliphatic hydroxyl groups is 1. The van der Waals surface area contributed by atoms with Gasteiger partial charge in [-0.1, -0.05) is 18.2 Å². The van der Waals surface area contributed by atoms with Crippen LogP contribution >= 0.6 is 12.2 Å². The molecule has 3 atom stereocenters. The molecule has 4 nitrogen and oxygen atoms in total. The number of nitrogens with zero attached hydrogens (tertiary/aromatic N) is 1. The Morgan fingerprint density at radius 1 is 1.35 bits per heavy atom. The highest BCUT2D eigenvalue weighted by atomic mass is 32.1. The van der Waals surface area contributed by atoms with Crippen LogP contribution in [0.4, 0.5) is 4.39 Å². The molecule has 1 aromatic rings. The third-order valence-electron chi connectivity index (χ3n) is 2.65. The van der Waals surface area contributed by atoms with Crippen molar-refractivity contribution >= 4 is 17.3 Å². The first kappa shape index (κ1) is 11.8. The smallest absolute Gasteiger partial charge is 0.168 e. The van der Waals surface area contributed by atoms with E-state index < -0.39 is 24.0 Å². The molecule has 1 fully saturated rings. The van der Waals surface area contributed by atoms with Gasteiger partial charge in [0, 0.05) is 5.56 Å². The lowest BCUT2D eigenvalue weighted by Gasteiger charge is -2.34. The van der Waals surface area contributed by atoms with Crippen LogP contribution in [0.25, 0.3) is 0 Å². The lowest BCUT2D eigenvalue weighted by Crippen LogP contribution is -2.56. The molecular formula is C11H10FN3OS. The molecule has 0 saturated carbocycles. The second-order valence-electron chi connectivity index (χ2n) is 3.72. The monoisotopic (exact) mass is 251 g/mol. The minimum absolute atomic E-state index is 0.206. The van der Waals surface area contributed by atoms with Crippen molar-refractivity contribution in [3.8, 4) is 6.07 Å². The highest BCUT2D eigenvalue weighted by Gasteiger charge is 2.36. The average Bonchev–Trinajstić information content (AvgIpc) is 2.28. The molecule has 1 aliphatic rings. The molecule has 0 radical (unpaired) electrons. The van der Waals surface area contributed by atoms with Gasteiger partial charge in [-0.05, 0) is 18.3 Å². The summed E-state index contributed by atoms with van der Waals surface area (Å²) in [7, 11) is 0. The minimum atomic E-state index is -1.10. The van der Waals surface area contributed by atoms with Crippen molar-refractivity contribution in [1.82, 2.24) is 10.6 Å². The summed E-state index contributed by atoms with van der Waals surface area (Å²) in [5.74, 6) is -1.24. The Morgan fingerprint density at radius 3 is 2.71 bits per heavy atom. The van der Waals surface area contributed by atoms with Crippen LogP contribution in [0.1, 0.15) is 11.6 Å². The zero-order valence-electron chi connectivity index (χ0n) is 8.72. The SMILES string of the molecule is N#C[C@H]1[C@H](O)NC(=S)N[C@H]1c1ccccc1F. The molecule has 2 rings (SSSR count). The summed E-state index contributed by atoms with van der Waals surface area (Å²) in [6, 6.07) is 7.41. The second-order valence-corrected chi connectivity index (χ2v) is 4.12. The average molecular weight is 251 g/mol. The first-order valence-corrected chi connectivity index (χ1v) is 5.43. The molecule has 88 valence electrons. The first-order valence-electron chi connectivity index (χ1n) is 5.02. The van der Waals surface area contributed by atoms with Crippen LogP contribution < -0.4 is 10.6 Å². The fraction of sp³-hybridized carbons (Fsp3) is 0.273. The maximum Gasteiger partial charge on any atom is 0.168 e. The van der Waals surface area contributed by atoms with Crippen LogP contribution in [0, 0.1) is 23.1 Å². The first-order chi connectivity index (χ1) is 8.13. The molecular weight excluding hydrogens is 241 g/mol. The fourth-order valence-corrected chi connectivity index (χ4v) is 2.07. The number of thiocarbonyl (C=S) groups is 1. The number of nitriles is 1. The largest absolute Gasteiger partial charge is 0.372 e. The van der Waals surface area contributed by atoms with Gasteiger partial charge in [0.1, 0.15) is 18.0 Å². The molecule has 0 aliphatic carbocycles. The molecule has 0 unspecified atom stereocenters. The van der Waals surface area contributed by atoms with E-state index in [1.165, 1.54) is 6.07 Å². The van der Waals surface area contributed by atoms with Crippen molar-refractivity contribution in [2.75, 3.05) is 0 Å². The van der Waals surface area contributed by atoms with Crippen LogP contribution in [0.5, 0.6) is 0 Å². The third-order valence-corrected chi connectivity index (χ3v) is 2.89. The predicted molar refractivity (Wildman–Crippen MR) is 63.1 cm³/mol. The summed E-state index contributed by atoms with van der Waals surface area (Å²) in [4.78, 5) is 0. The summed E-state index contributed by atoms with van der Waals surface area (Å²) in [5.41, 5.74) is 0.321. The minimum Gasteiger partial charge on any atom is -0.372 e. The maximum absolute atomic E-state index is 13.6. The number of rotatable bonds is 1. The number of hydrogen-bond acceptors (Lipinski definition) is 3. The van der Waals surface area contributed by atoms with Gasteiger partial charge in [-0.15, -0.1) is 0 Å². The number of halogens is 1. The van der Waals surface area contributed by atoms with Crippen molar-refractivity contribution < 1.29 is 9.50 Å². The van der Waals surface area contributed by atoms with Crippen LogP contribution in [-0.4, -0.2) is 16.4 Å². The molecule has 1 aliphatic heterocycles. The Labute approximate surface area is 103 Å². The summed E-state index contributed by atoms with van der Waals surface area (Å²) < 4.78 is 13.6. The Kier molecular flexibility index (Phi) is 3.22. The molecule has 17 heavy (non-hydrogen) atoms. The van der Waals surface area contributed by atoms with Gasteiger partial charge < -0.3 is 15.7 Å². The highest BCUT2D eigenvalue weighted by Crippen LogP contribution is 2.28. The van der Waals surface area contributed by atoms with E-state index in [1.54, 1.807) is 18.2 Å². The van der Waals surface area contributed by atoms with Gasteiger partial charge in [-0.3, -0.25) is 0 Å². The van der Waals surface area contributed by atoms with E-state index in [0.717, 1.165) is 0 Å². The zero-order chi connectivity index (χ0) is 12.4. The van der Waals surface area contributed by atoms with Crippen LogP contribution in [0.2, 0.25) is 0 Å². The van der Waals surface area contributed by atoms with E-state index in [4.69, 9.17) is 17.5 Å². The normalized spacial score (nSPS) is 27.8. The van der Waals surface area contributed by atoms with E-state index in [1.807, 2.05) is 6.07 Å². The Bertz CT molecular complexity index is 488. The van der Waals surface area contributed by atoms with E-state index in [2.05, 4.69) is 10.6 Å². The highest BCUT2D eigenvalue weighted by molar-refractivity contribution is 7.80. The summed E-state index contributed by atoms with van der Waals surface area (Å²) in [5, 5.41) is 24.2. The molecule has 1 heterocycles. The summed E-state index contributed by atoms with van der Waals surface area (Å²) in [6.45, 7) is 0. The second kappa shape index (κ2) is 4.65. The van der Waals surface area contributed by atoms with Gasteiger partial charge in [0.05, 0.1) is 12.1 Å². The molecule has 3 N–H and O–H groups in total. The number of hydrogen-bond donors (Lipinski definition) is 3. The van der Waals surface area contributed by atoms with Crippen LogP contribution in [-0.2, 0) is 0 Å². The number of aliphatic hydroxyl groups excluding tert-OH is 1. The molecule has 0 spiro atoms. The molecule has 1 aromatic carbocycles. The maximum atomic E-state index is 13.6. The van der Waals surface area contributed by atoms with Gasteiger partial charge in [-0.25, -0.2) is 4.39 Å². The molecule has 6 heteroatoms. The number of benzene rings is 1. The quantitative estimate of drug-likeness (QED) is 0.644. The fourth-order valence-electron chi connectivity index (χ4n) is 1.82. The van der Waals surface area contributed by atoms with Gasteiger partial charge in [-0.2, -0.15) is 5.26 Å². The van der Waals surface area contributed by atoms with Crippen molar-refractivity contribution in [1.29, 1.82) is 5.26 Å². The van der Waals surface area contributed by atoms with E-state index >= 15 is 0 Å². The third kappa shape index (κ3) is 2.20. The van der Waals surface area contributed by atoms with E-state index in [9.17, 15) is 9.50 Å². The Morgan fingerprint density at radius 2 is 2.06 bits per heavy atom. The van der Waals surface area contributed by atoms with Gasteiger partial charge in [0.25, 0.3) is 0 Å². The van der Waals surface area contributed by atoms with Gasteiger partial charge in [0.15, 0.2) is 5.11 Å². The van der Waals surface area contributed by atoms with Crippen molar-refractivity contribution in [3.63, 3.8) is 0 Å². The van der Waals surface area contributed by atoms with Crippen molar-refractivity contribution in [2.24, 2.45) is 5.92 Å². The van der Waals surface area contributed by atoms with Crippen LogP contribution in [0.3, 0.4) is 0 Å². The summed E-state index contributed by atoms with van der Waals surface area (Å²) >= 11 is 4.89. The van der Waals surface area contributed by atoms with E-state index in [-0.39, 0.29) is 5.11 Å².